The minimum atomic E-state index is -0.103. The highest BCUT2D eigenvalue weighted by molar-refractivity contribution is 6.07. The lowest BCUT2D eigenvalue weighted by atomic mass is 9.97. The number of nitrogens with one attached hydrogen (secondary N) is 1. The predicted octanol–water partition coefficient (Wildman–Crippen LogP) is 6.27. The summed E-state index contributed by atoms with van der Waals surface area (Å²) < 4.78 is 5.27. The molecule has 0 spiro atoms. The molecule has 0 saturated heterocycles. The molecule has 4 rings (SSSR count). The van der Waals surface area contributed by atoms with Crippen molar-refractivity contribution in [1.82, 2.24) is 10.3 Å². The van der Waals surface area contributed by atoms with Gasteiger partial charge in [-0.15, -0.1) is 0 Å². The van der Waals surface area contributed by atoms with Gasteiger partial charge in [0.15, 0.2) is 0 Å². The number of carbonyl (C=O) groups is 1. The van der Waals surface area contributed by atoms with E-state index < -0.39 is 0 Å². The third-order valence-electron chi connectivity index (χ3n) is 5.70. The number of aryl methyl sites for hydroxylation is 1. The molecule has 162 valence electrons. The van der Waals surface area contributed by atoms with Gasteiger partial charge in [0, 0.05) is 17.5 Å². The lowest BCUT2D eigenvalue weighted by Gasteiger charge is -2.13. The predicted molar refractivity (Wildman–Crippen MR) is 130 cm³/mol. The molecule has 0 fully saturated rings. The number of hydrogen-bond acceptors (Lipinski definition) is 3. The monoisotopic (exact) mass is 424 g/mol. The molecule has 0 aliphatic rings. The molecule has 0 radical (unpaired) electrons. The van der Waals surface area contributed by atoms with E-state index in [9.17, 15) is 4.79 Å². The van der Waals surface area contributed by atoms with Crippen LogP contribution < -0.4 is 10.1 Å². The number of hydrogen-bond donors (Lipinski definition) is 1. The molecule has 32 heavy (non-hydrogen) atoms. The van der Waals surface area contributed by atoms with E-state index in [1.54, 1.807) is 7.11 Å². The topological polar surface area (TPSA) is 51.2 Å². The van der Waals surface area contributed by atoms with Crippen LogP contribution in [0.4, 0.5) is 0 Å². The van der Waals surface area contributed by atoms with Crippen LogP contribution in [0.3, 0.4) is 0 Å². The van der Waals surface area contributed by atoms with Crippen molar-refractivity contribution in [3.8, 4) is 17.0 Å². The van der Waals surface area contributed by atoms with Gasteiger partial charge in [-0.05, 0) is 66.4 Å². The van der Waals surface area contributed by atoms with Crippen LogP contribution in [0.2, 0.25) is 0 Å². The molecule has 4 aromatic rings. The third-order valence-corrected chi connectivity index (χ3v) is 5.70. The molecule has 1 amide bonds. The lowest BCUT2D eigenvalue weighted by Crippen LogP contribution is -2.23. The summed E-state index contributed by atoms with van der Waals surface area (Å²) in [6.07, 6.45) is 0. The fraction of sp³-hybridized carbons (Fsp3) is 0.214. The number of aromatic nitrogens is 1. The molecule has 0 unspecified atom stereocenters. The van der Waals surface area contributed by atoms with Crippen molar-refractivity contribution in [2.24, 2.45) is 0 Å². The van der Waals surface area contributed by atoms with Crippen molar-refractivity contribution in [1.29, 1.82) is 0 Å². The molecule has 0 aliphatic carbocycles. The maximum atomic E-state index is 13.3. The van der Waals surface area contributed by atoms with E-state index in [1.807, 2.05) is 48.5 Å². The van der Waals surface area contributed by atoms with E-state index >= 15 is 0 Å². The zero-order valence-electron chi connectivity index (χ0n) is 19.0. The van der Waals surface area contributed by atoms with Crippen LogP contribution in [-0.4, -0.2) is 18.0 Å². The van der Waals surface area contributed by atoms with Crippen LogP contribution >= 0.6 is 0 Å². The maximum absolute atomic E-state index is 13.3. The Labute approximate surface area is 189 Å². The Hall–Kier alpha value is -3.66. The van der Waals surface area contributed by atoms with Gasteiger partial charge < -0.3 is 10.1 Å². The maximum Gasteiger partial charge on any atom is 0.252 e. The van der Waals surface area contributed by atoms with E-state index in [1.165, 1.54) is 11.1 Å². The van der Waals surface area contributed by atoms with Crippen LogP contribution in [0.15, 0.2) is 72.8 Å². The highest BCUT2D eigenvalue weighted by Gasteiger charge is 2.15. The molecule has 3 aromatic carbocycles. The number of fused-ring (bicyclic) bond motifs is 1. The summed E-state index contributed by atoms with van der Waals surface area (Å²) in [6.45, 7) is 6.83. The Morgan fingerprint density at radius 3 is 2.34 bits per heavy atom. The SMILES string of the molecule is COc1ccc(-c2cc(C(=O)NCc3ccc(C)cc3)c3cc(C(C)C)ccc3n2)cc1. The van der Waals surface area contributed by atoms with Gasteiger partial charge in [0.2, 0.25) is 0 Å². The first-order valence-electron chi connectivity index (χ1n) is 10.9. The Balaban J connectivity index is 1.74. The van der Waals surface area contributed by atoms with Gasteiger partial charge in [0.1, 0.15) is 5.75 Å². The normalized spacial score (nSPS) is 11.0. The van der Waals surface area contributed by atoms with E-state index in [0.29, 0.717) is 18.0 Å². The summed E-state index contributed by atoms with van der Waals surface area (Å²) >= 11 is 0. The summed E-state index contributed by atoms with van der Waals surface area (Å²) in [4.78, 5) is 18.2. The molecular weight excluding hydrogens is 396 g/mol. The van der Waals surface area contributed by atoms with Gasteiger partial charge in [0.05, 0.1) is 23.9 Å². The smallest absolute Gasteiger partial charge is 0.252 e. The molecule has 0 atom stereocenters. The Bertz CT molecular complexity index is 1240. The van der Waals surface area contributed by atoms with E-state index in [4.69, 9.17) is 9.72 Å². The van der Waals surface area contributed by atoms with Gasteiger partial charge in [0.25, 0.3) is 5.91 Å². The number of rotatable bonds is 6. The number of ether oxygens (including phenoxy) is 1. The molecule has 4 heteroatoms. The molecule has 0 bridgehead atoms. The highest BCUT2D eigenvalue weighted by Crippen LogP contribution is 2.29. The quantitative estimate of drug-likeness (QED) is 0.397. The van der Waals surface area contributed by atoms with Crippen LogP contribution in [0.25, 0.3) is 22.2 Å². The fourth-order valence-electron chi connectivity index (χ4n) is 3.68. The first kappa shape index (κ1) is 21.6. The Morgan fingerprint density at radius 2 is 1.69 bits per heavy atom. The molecule has 4 nitrogen and oxygen atoms in total. The van der Waals surface area contributed by atoms with Crippen molar-refractivity contribution in [2.75, 3.05) is 7.11 Å². The largest absolute Gasteiger partial charge is 0.497 e. The second-order valence-corrected chi connectivity index (χ2v) is 8.38. The summed E-state index contributed by atoms with van der Waals surface area (Å²) in [5.74, 6) is 1.05. The summed E-state index contributed by atoms with van der Waals surface area (Å²) in [7, 11) is 1.64. The Kier molecular flexibility index (Phi) is 6.22. The number of nitrogens with zero attached hydrogens (tertiary/aromatic N) is 1. The average molecular weight is 425 g/mol. The van der Waals surface area contributed by atoms with Gasteiger partial charge in [-0.3, -0.25) is 4.79 Å². The molecule has 0 saturated carbocycles. The number of methoxy groups -OCH3 is 1. The zero-order valence-corrected chi connectivity index (χ0v) is 19.0. The number of benzene rings is 3. The second kappa shape index (κ2) is 9.23. The molecule has 1 N–H and O–H groups in total. The minimum Gasteiger partial charge on any atom is -0.497 e. The fourth-order valence-corrected chi connectivity index (χ4v) is 3.68. The lowest BCUT2D eigenvalue weighted by molar-refractivity contribution is 0.0952. The van der Waals surface area contributed by atoms with Crippen LogP contribution in [0.1, 0.15) is 46.8 Å². The molecule has 0 aliphatic heterocycles. The van der Waals surface area contributed by atoms with Crippen molar-refractivity contribution < 1.29 is 9.53 Å². The Morgan fingerprint density at radius 1 is 0.969 bits per heavy atom. The van der Waals surface area contributed by atoms with E-state index in [2.05, 4.69) is 50.4 Å². The molecular formula is C28H28N2O2. The first-order valence-corrected chi connectivity index (χ1v) is 10.9. The standard InChI is InChI=1S/C28H28N2O2/c1-18(2)22-11-14-26-24(15-22)25(28(31)29-17-20-7-5-19(3)6-8-20)16-27(30-26)21-9-12-23(32-4)13-10-21/h5-16,18H,17H2,1-4H3,(H,29,31). The van der Waals surface area contributed by atoms with E-state index in [-0.39, 0.29) is 5.91 Å². The van der Waals surface area contributed by atoms with E-state index in [0.717, 1.165) is 33.5 Å². The summed E-state index contributed by atoms with van der Waals surface area (Å²) in [5.41, 5.74) is 6.60. The second-order valence-electron chi connectivity index (χ2n) is 8.38. The number of amides is 1. The first-order chi connectivity index (χ1) is 15.4. The van der Waals surface area contributed by atoms with Gasteiger partial charge in [-0.25, -0.2) is 4.98 Å². The summed E-state index contributed by atoms with van der Waals surface area (Å²) in [5, 5.41) is 3.96. The molecule has 1 heterocycles. The van der Waals surface area contributed by atoms with Gasteiger partial charge in [-0.1, -0.05) is 49.7 Å². The zero-order chi connectivity index (χ0) is 22.7. The van der Waals surface area contributed by atoms with Crippen LogP contribution in [0.5, 0.6) is 5.75 Å². The van der Waals surface area contributed by atoms with Gasteiger partial charge >= 0.3 is 0 Å². The number of carbonyl (C=O) groups excluding carboxylic acids is 1. The minimum absolute atomic E-state index is 0.103. The van der Waals surface area contributed by atoms with Crippen LogP contribution in [0, 0.1) is 6.92 Å². The summed E-state index contributed by atoms with van der Waals surface area (Å²) in [6, 6.07) is 24.0. The van der Waals surface area contributed by atoms with Gasteiger partial charge in [-0.2, -0.15) is 0 Å². The molecule has 1 aromatic heterocycles. The van der Waals surface area contributed by atoms with Crippen molar-refractivity contribution in [2.45, 2.75) is 33.2 Å². The van der Waals surface area contributed by atoms with Crippen molar-refractivity contribution in [3.05, 3.63) is 95.1 Å². The van der Waals surface area contributed by atoms with Crippen LogP contribution in [-0.2, 0) is 6.54 Å². The van der Waals surface area contributed by atoms with Crippen molar-refractivity contribution >= 4 is 16.8 Å². The number of pyridine rings is 1. The average Bonchev–Trinajstić information content (AvgIpc) is 2.82. The van der Waals surface area contributed by atoms with Crippen molar-refractivity contribution in [3.63, 3.8) is 0 Å². The highest BCUT2D eigenvalue weighted by atomic mass is 16.5. The third kappa shape index (κ3) is 4.65.